The van der Waals surface area contributed by atoms with E-state index in [2.05, 4.69) is 11.0 Å². The fourth-order valence-electron chi connectivity index (χ4n) is 4.64. The lowest BCUT2D eigenvalue weighted by atomic mass is 9.60. The number of fused-ring (bicyclic) bond motifs is 1. The molecule has 2 aliphatic heterocycles. The molecule has 3 rings (SSSR count). The van der Waals surface area contributed by atoms with Gasteiger partial charge in [-0.3, -0.25) is 4.90 Å². The highest BCUT2D eigenvalue weighted by Gasteiger charge is 2.59. The minimum absolute atomic E-state index is 0.254. The molecule has 3 aliphatic rings. The van der Waals surface area contributed by atoms with E-state index in [0.717, 1.165) is 51.6 Å². The highest BCUT2D eigenvalue weighted by molar-refractivity contribution is 5.19. The molecule has 3 nitrogen and oxygen atoms in total. The second kappa shape index (κ2) is 4.51. The number of hydrogen-bond acceptors (Lipinski definition) is 3. The molecule has 1 aliphatic carbocycles. The summed E-state index contributed by atoms with van der Waals surface area (Å²) in [6.07, 6.45) is 9.63. The van der Waals surface area contributed by atoms with Crippen molar-refractivity contribution in [1.82, 2.24) is 4.90 Å². The van der Waals surface area contributed by atoms with Crippen LogP contribution in [0.4, 0.5) is 0 Å². The van der Waals surface area contributed by atoms with E-state index in [1.807, 2.05) is 0 Å². The molecule has 3 fully saturated rings. The van der Waals surface area contributed by atoms with E-state index in [9.17, 15) is 10.4 Å². The molecule has 0 aromatic heterocycles. The summed E-state index contributed by atoms with van der Waals surface area (Å²) in [4.78, 5) is 2.44. The van der Waals surface area contributed by atoms with Crippen LogP contribution in [0.2, 0.25) is 0 Å². The number of hydrogen-bond donors (Lipinski definition) is 1. The largest absolute Gasteiger partial charge is 0.387 e. The van der Waals surface area contributed by atoms with Crippen molar-refractivity contribution in [1.29, 1.82) is 5.26 Å². The van der Waals surface area contributed by atoms with Crippen LogP contribution in [0.3, 0.4) is 0 Å². The Labute approximate surface area is 110 Å². The third-order valence-corrected chi connectivity index (χ3v) is 5.69. The maximum absolute atomic E-state index is 11.3. The number of piperidine rings is 1. The average Bonchev–Trinajstić information content (AvgIpc) is 2.79. The molecule has 3 heteroatoms. The quantitative estimate of drug-likeness (QED) is 0.775. The topological polar surface area (TPSA) is 47.3 Å². The fraction of sp³-hybridized carbons (Fsp3) is 0.933. The normalized spacial score (nSPS) is 40.1. The summed E-state index contributed by atoms with van der Waals surface area (Å²) in [5, 5.41) is 21.0. The first-order chi connectivity index (χ1) is 8.72. The molecule has 0 amide bonds. The molecule has 0 bridgehead atoms. The van der Waals surface area contributed by atoms with E-state index in [-0.39, 0.29) is 6.04 Å². The van der Waals surface area contributed by atoms with E-state index in [1.165, 1.54) is 19.3 Å². The molecule has 2 saturated heterocycles. The Balaban J connectivity index is 1.90. The molecule has 0 aromatic carbocycles. The van der Waals surface area contributed by atoms with E-state index in [0.29, 0.717) is 0 Å². The van der Waals surface area contributed by atoms with Crippen LogP contribution >= 0.6 is 0 Å². The molecule has 2 heterocycles. The molecule has 1 N–H and O–H groups in total. The molecular weight excluding hydrogens is 224 g/mol. The van der Waals surface area contributed by atoms with Crippen molar-refractivity contribution < 1.29 is 5.11 Å². The molecule has 0 spiro atoms. The third kappa shape index (κ3) is 1.62. The molecule has 0 aromatic rings. The molecule has 2 atom stereocenters. The van der Waals surface area contributed by atoms with Gasteiger partial charge in [-0.05, 0) is 38.6 Å². The molecule has 100 valence electrons. The monoisotopic (exact) mass is 248 g/mol. The second-order valence-corrected chi connectivity index (χ2v) is 6.48. The van der Waals surface area contributed by atoms with Gasteiger partial charge in [-0.1, -0.05) is 25.7 Å². The van der Waals surface area contributed by atoms with Crippen LogP contribution in [-0.2, 0) is 0 Å². The maximum Gasteiger partial charge on any atom is 0.0999 e. The molecular formula is C15H24N2O. The van der Waals surface area contributed by atoms with Crippen LogP contribution in [0.25, 0.3) is 0 Å². The smallest absolute Gasteiger partial charge is 0.0999 e. The van der Waals surface area contributed by atoms with Crippen molar-refractivity contribution >= 4 is 0 Å². The SMILES string of the molecule is N#CC1(C2(O)CCN3CCCCC32)CCCCC1. The van der Waals surface area contributed by atoms with Crippen molar-refractivity contribution in [2.45, 2.75) is 69.4 Å². The fourth-order valence-corrected chi connectivity index (χ4v) is 4.64. The Morgan fingerprint density at radius 2 is 1.78 bits per heavy atom. The summed E-state index contributed by atoms with van der Waals surface area (Å²) in [5.41, 5.74) is -1.19. The number of nitriles is 1. The van der Waals surface area contributed by atoms with Crippen molar-refractivity contribution in [3.05, 3.63) is 0 Å². The van der Waals surface area contributed by atoms with Gasteiger partial charge in [-0.25, -0.2) is 0 Å². The summed E-state index contributed by atoms with van der Waals surface area (Å²) in [6, 6.07) is 2.81. The van der Waals surface area contributed by atoms with Gasteiger partial charge >= 0.3 is 0 Å². The van der Waals surface area contributed by atoms with E-state index < -0.39 is 11.0 Å². The predicted molar refractivity (Wildman–Crippen MR) is 69.9 cm³/mol. The minimum atomic E-state index is -0.734. The summed E-state index contributed by atoms with van der Waals surface area (Å²) >= 11 is 0. The van der Waals surface area contributed by atoms with Crippen molar-refractivity contribution in [3.8, 4) is 6.07 Å². The predicted octanol–water partition coefficient (Wildman–Crippen LogP) is 2.45. The zero-order valence-electron chi connectivity index (χ0n) is 11.2. The lowest BCUT2D eigenvalue weighted by Crippen LogP contribution is -2.57. The highest BCUT2D eigenvalue weighted by atomic mass is 16.3. The average molecular weight is 248 g/mol. The first-order valence-electron chi connectivity index (χ1n) is 7.60. The minimum Gasteiger partial charge on any atom is -0.387 e. The first kappa shape index (κ1) is 12.4. The molecule has 18 heavy (non-hydrogen) atoms. The van der Waals surface area contributed by atoms with E-state index in [1.54, 1.807) is 0 Å². The van der Waals surface area contributed by atoms with Crippen LogP contribution in [0, 0.1) is 16.7 Å². The first-order valence-corrected chi connectivity index (χ1v) is 7.60. The summed E-state index contributed by atoms with van der Waals surface area (Å²) in [7, 11) is 0. The zero-order valence-corrected chi connectivity index (χ0v) is 11.2. The van der Waals surface area contributed by atoms with Gasteiger partial charge in [0.25, 0.3) is 0 Å². The van der Waals surface area contributed by atoms with E-state index >= 15 is 0 Å². The van der Waals surface area contributed by atoms with Gasteiger partial charge in [-0.2, -0.15) is 5.26 Å². The summed E-state index contributed by atoms with van der Waals surface area (Å²) < 4.78 is 0. The van der Waals surface area contributed by atoms with Gasteiger partial charge in [0.1, 0.15) is 0 Å². The molecule has 2 unspecified atom stereocenters. The third-order valence-electron chi connectivity index (χ3n) is 5.69. The lowest BCUT2D eigenvalue weighted by molar-refractivity contribution is -0.101. The van der Waals surface area contributed by atoms with Crippen molar-refractivity contribution in [3.63, 3.8) is 0 Å². The Morgan fingerprint density at radius 1 is 1.00 bits per heavy atom. The van der Waals surface area contributed by atoms with Gasteiger partial charge < -0.3 is 5.11 Å². The van der Waals surface area contributed by atoms with Crippen molar-refractivity contribution in [2.75, 3.05) is 13.1 Å². The lowest BCUT2D eigenvalue weighted by Gasteiger charge is -2.48. The van der Waals surface area contributed by atoms with Crippen LogP contribution in [0.1, 0.15) is 57.8 Å². The van der Waals surface area contributed by atoms with Gasteiger partial charge in [0.05, 0.1) is 17.1 Å². The molecule has 1 saturated carbocycles. The second-order valence-electron chi connectivity index (χ2n) is 6.48. The highest BCUT2D eigenvalue weighted by Crippen LogP contribution is 2.52. The van der Waals surface area contributed by atoms with Crippen LogP contribution in [0.15, 0.2) is 0 Å². The van der Waals surface area contributed by atoms with E-state index in [4.69, 9.17) is 0 Å². The maximum atomic E-state index is 11.3. The van der Waals surface area contributed by atoms with Crippen LogP contribution in [-0.4, -0.2) is 34.7 Å². The van der Waals surface area contributed by atoms with Crippen LogP contribution < -0.4 is 0 Å². The van der Waals surface area contributed by atoms with Gasteiger partial charge in [0.2, 0.25) is 0 Å². The number of nitrogens with zero attached hydrogens (tertiary/aromatic N) is 2. The zero-order chi connectivity index (χ0) is 12.6. The van der Waals surface area contributed by atoms with Crippen LogP contribution in [0.5, 0.6) is 0 Å². The summed E-state index contributed by atoms with van der Waals surface area (Å²) in [6.45, 7) is 2.11. The Morgan fingerprint density at radius 3 is 2.50 bits per heavy atom. The molecule has 0 radical (unpaired) electrons. The Kier molecular flexibility index (Phi) is 3.11. The summed E-state index contributed by atoms with van der Waals surface area (Å²) in [5.74, 6) is 0. The van der Waals surface area contributed by atoms with Gasteiger partial charge in [-0.15, -0.1) is 0 Å². The van der Waals surface area contributed by atoms with Gasteiger partial charge in [0, 0.05) is 12.6 Å². The number of rotatable bonds is 1. The standard InChI is InChI=1S/C15H24N2O/c16-12-14(7-3-1-4-8-14)15(18)9-11-17-10-5-2-6-13(15)17/h13,18H,1-11H2. The Hall–Kier alpha value is -0.590. The van der Waals surface area contributed by atoms with Crippen molar-refractivity contribution in [2.24, 2.45) is 5.41 Å². The number of aliphatic hydroxyl groups is 1. The Bertz CT molecular complexity index is 356. The van der Waals surface area contributed by atoms with Gasteiger partial charge in [0.15, 0.2) is 0 Å².